The van der Waals surface area contributed by atoms with Crippen LogP contribution < -0.4 is 5.32 Å². The zero-order chi connectivity index (χ0) is 23.2. The number of halogens is 1. The second-order valence-corrected chi connectivity index (χ2v) is 9.17. The topological polar surface area (TPSA) is 92.5 Å². The van der Waals surface area contributed by atoms with E-state index in [0.29, 0.717) is 24.7 Å². The molecule has 0 unspecified atom stereocenters. The summed E-state index contributed by atoms with van der Waals surface area (Å²) in [5.74, 6) is 0.241. The van der Waals surface area contributed by atoms with Gasteiger partial charge in [-0.2, -0.15) is 5.10 Å². The summed E-state index contributed by atoms with van der Waals surface area (Å²) in [7, 11) is 0. The van der Waals surface area contributed by atoms with Gasteiger partial charge in [0.05, 0.1) is 6.54 Å². The minimum atomic E-state index is -0.335. The molecule has 176 valence electrons. The number of hydrogen-bond acceptors (Lipinski definition) is 6. The van der Waals surface area contributed by atoms with Crippen LogP contribution in [0.4, 0.5) is 4.39 Å². The van der Waals surface area contributed by atoms with E-state index in [2.05, 4.69) is 25.2 Å². The average molecular weight is 473 g/mol. The maximum Gasteiger partial charge on any atom is 0.267 e. The van der Waals surface area contributed by atoms with Gasteiger partial charge in [0.2, 0.25) is 5.91 Å². The highest BCUT2D eigenvalue weighted by molar-refractivity contribution is 7.98. The number of carbonyl (C=O) groups is 2. The van der Waals surface area contributed by atoms with Gasteiger partial charge in [-0.25, -0.2) is 9.40 Å². The molecule has 1 N–H and O–H groups in total. The van der Waals surface area contributed by atoms with Crippen LogP contribution >= 0.6 is 11.8 Å². The number of carbonyl (C=O) groups excluding carboxylic acids is 2. The van der Waals surface area contributed by atoms with E-state index >= 15 is 0 Å². The standard InChI is InChI=1S/C23H29FN6O2S/c1-33-23-27-26-20(30(23)18-5-2-3-6-18)7-4-14-25-22(32)19-12-13-21(31)29(28-19)15-16-8-10-17(24)11-9-16/h8-11,18H,2-7,12-15H2,1H3,(H,25,32). The first-order valence-electron chi connectivity index (χ1n) is 11.4. The number of nitrogens with one attached hydrogen (secondary N) is 1. The van der Waals surface area contributed by atoms with E-state index in [0.717, 1.165) is 29.4 Å². The summed E-state index contributed by atoms with van der Waals surface area (Å²) < 4.78 is 15.4. The average Bonchev–Trinajstić information content (AvgIpc) is 3.49. The molecule has 0 radical (unpaired) electrons. The summed E-state index contributed by atoms with van der Waals surface area (Å²) >= 11 is 1.62. The van der Waals surface area contributed by atoms with Gasteiger partial charge < -0.3 is 9.88 Å². The minimum absolute atomic E-state index is 0.147. The van der Waals surface area contributed by atoms with Crippen LogP contribution in [0.2, 0.25) is 0 Å². The Labute approximate surface area is 197 Å². The molecule has 1 fully saturated rings. The minimum Gasteiger partial charge on any atom is -0.351 e. The summed E-state index contributed by atoms with van der Waals surface area (Å²) in [6, 6.07) is 6.39. The third kappa shape index (κ3) is 5.79. The van der Waals surface area contributed by atoms with E-state index in [4.69, 9.17) is 0 Å². The molecule has 10 heteroatoms. The number of thioether (sulfide) groups is 1. The fourth-order valence-electron chi connectivity index (χ4n) is 4.35. The summed E-state index contributed by atoms with van der Waals surface area (Å²) in [6.45, 7) is 0.709. The summed E-state index contributed by atoms with van der Waals surface area (Å²) in [4.78, 5) is 24.8. The molecule has 1 aliphatic heterocycles. The number of nitrogens with zero attached hydrogens (tertiary/aromatic N) is 5. The van der Waals surface area contributed by atoms with Crippen LogP contribution in [0.5, 0.6) is 0 Å². The van der Waals surface area contributed by atoms with Gasteiger partial charge >= 0.3 is 0 Å². The molecule has 2 amide bonds. The second-order valence-electron chi connectivity index (χ2n) is 8.40. The van der Waals surface area contributed by atoms with Crippen molar-refractivity contribution in [3.05, 3.63) is 41.5 Å². The van der Waals surface area contributed by atoms with E-state index in [-0.39, 0.29) is 30.6 Å². The molecule has 0 spiro atoms. The molecular formula is C23H29FN6O2S. The zero-order valence-corrected chi connectivity index (χ0v) is 19.6. The van der Waals surface area contributed by atoms with Crippen LogP contribution in [0.3, 0.4) is 0 Å². The summed E-state index contributed by atoms with van der Waals surface area (Å²) in [6.07, 6.45) is 8.89. The highest BCUT2D eigenvalue weighted by Gasteiger charge is 2.25. The molecule has 33 heavy (non-hydrogen) atoms. The first-order valence-corrected chi connectivity index (χ1v) is 12.7. The summed E-state index contributed by atoms with van der Waals surface area (Å²) in [5.41, 5.74) is 1.10. The highest BCUT2D eigenvalue weighted by Crippen LogP contribution is 2.33. The van der Waals surface area contributed by atoms with Gasteiger partial charge in [0.1, 0.15) is 17.4 Å². The molecule has 1 saturated carbocycles. The lowest BCUT2D eigenvalue weighted by Crippen LogP contribution is -2.39. The summed E-state index contributed by atoms with van der Waals surface area (Å²) in [5, 5.41) is 18.2. The molecule has 1 aromatic heterocycles. The zero-order valence-electron chi connectivity index (χ0n) is 18.8. The molecule has 0 bridgehead atoms. The van der Waals surface area contributed by atoms with Crippen molar-refractivity contribution in [1.29, 1.82) is 0 Å². The van der Waals surface area contributed by atoms with Gasteiger partial charge in [0.15, 0.2) is 5.16 Å². The lowest BCUT2D eigenvalue weighted by molar-refractivity contribution is -0.132. The van der Waals surface area contributed by atoms with Crippen molar-refractivity contribution in [2.75, 3.05) is 12.8 Å². The number of hydrazone groups is 1. The molecule has 0 atom stereocenters. The van der Waals surface area contributed by atoms with Gasteiger partial charge in [-0.1, -0.05) is 36.7 Å². The van der Waals surface area contributed by atoms with Gasteiger partial charge in [0, 0.05) is 31.8 Å². The lowest BCUT2D eigenvalue weighted by Gasteiger charge is -2.23. The smallest absolute Gasteiger partial charge is 0.267 e. The Hall–Kier alpha value is -2.75. The quantitative estimate of drug-likeness (QED) is 0.446. The number of rotatable bonds is 9. The van der Waals surface area contributed by atoms with Crippen LogP contribution in [-0.2, 0) is 22.6 Å². The number of hydrogen-bond donors (Lipinski definition) is 1. The van der Waals surface area contributed by atoms with Crippen molar-refractivity contribution in [2.45, 2.75) is 69.1 Å². The Balaban J connectivity index is 1.30. The van der Waals surface area contributed by atoms with E-state index < -0.39 is 0 Å². The molecule has 2 aromatic rings. The van der Waals surface area contributed by atoms with Crippen molar-refractivity contribution in [3.63, 3.8) is 0 Å². The second kappa shape index (κ2) is 10.9. The maximum absolute atomic E-state index is 13.1. The van der Waals surface area contributed by atoms with Crippen molar-refractivity contribution >= 4 is 29.3 Å². The molecule has 2 aliphatic rings. The molecule has 8 nitrogen and oxygen atoms in total. The van der Waals surface area contributed by atoms with Crippen molar-refractivity contribution in [3.8, 4) is 0 Å². The number of aromatic nitrogens is 3. The van der Waals surface area contributed by atoms with Gasteiger partial charge in [-0.3, -0.25) is 9.59 Å². The van der Waals surface area contributed by atoms with Crippen molar-refractivity contribution in [1.82, 2.24) is 25.1 Å². The van der Waals surface area contributed by atoms with Crippen molar-refractivity contribution < 1.29 is 14.0 Å². The van der Waals surface area contributed by atoms with Gasteiger partial charge in [-0.05, 0) is 43.2 Å². The van der Waals surface area contributed by atoms with E-state index in [1.807, 2.05) is 6.26 Å². The predicted molar refractivity (Wildman–Crippen MR) is 124 cm³/mol. The van der Waals surface area contributed by atoms with E-state index in [9.17, 15) is 14.0 Å². The third-order valence-corrected chi connectivity index (χ3v) is 6.73. The monoisotopic (exact) mass is 472 g/mol. The van der Waals surface area contributed by atoms with Gasteiger partial charge in [-0.15, -0.1) is 10.2 Å². The fourth-order valence-corrected chi connectivity index (χ4v) is 4.92. The normalized spacial score (nSPS) is 16.8. The Morgan fingerprint density at radius 1 is 1.18 bits per heavy atom. The van der Waals surface area contributed by atoms with Crippen LogP contribution in [0.25, 0.3) is 0 Å². The Kier molecular flexibility index (Phi) is 7.74. The first-order chi connectivity index (χ1) is 16.0. The molecule has 1 aromatic carbocycles. The molecular weight excluding hydrogens is 443 g/mol. The maximum atomic E-state index is 13.1. The SMILES string of the molecule is CSc1nnc(CCCNC(=O)C2=NN(Cc3ccc(F)cc3)C(=O)CC2)n1C1CCCC1. The van der Waals surface area contributed by atoms with Gasteiger partial charge in [0.25, 0.3) is 5.91 Å². The van der Waals surface area contributed by atoms with Crippen LogP contribution in [-0.4, -0.2) is 50.1 Å². The Morgan fingerprint density at radius 2 is 1.94 bits per heavy atom. The van der Waals surface area contributed by atoms with Crippen LogP contribution in [0.15, 0.2) is 34.5 Å². The largest absolute Gasteiger partial charge is 0.351 e. The fraction of sp³-hybridized carbons (Fsp3) is 0.522. The number of benzene rings is 1. The Morgan fingerprint density at radius 3 is 2.67 bits per heavy atom. The first kappa shape index (κ1) is 23.4. The molecule has 1 aliphatic carbocycles. The van der Waals surface area contributed by atoms with E-state index in [1.165, 1.54) is 42.8 Å². The van der Waals surface area contributed by atoms with Crippen LogP contribution in [0.1, 0.15) is 62.4 Å². The third-order valence-electron chi connectivity index (χ3n) is 6.08. The van der Waals surface area contributed by atoms with E-state index in [1.54, 1.807) is 23.9 Å². The number of aryl methyl sites for hydroxylation is 1. The molecule has 0 saturated heterocycles. The van der Waals surface area contributed by atoms with Crippen molar-refractivity contribution in [2.24, 2.45) is 5.10 Å². The number of amides is 2. The lowest BCUT2D eigenvalue weighted by atomic mass is 10.1. The highest BCUT2D eigenvalue weighted by atomic mass is 32.2. The Bertz CT molecular complexity index is 1020. The molecule has 2 heterocycles. The predicted octanol–water partition coefficient (Wildman–Crippen LogP) is 3.48. The molecule has 4 rings (SSSR count). The van der Waals surface area contributed by atoms with Crippen LogP contribution in [0, 0.1) is 5.82 Å².